The maximum Gasteiger partial charge on any atom is 0.216 e. The van der Waals surface area contributed by atoms with Crippen LogP contribution in [0.25, 0.3) is 44.0 Å². The summed E-state index contributed by atoms with van der Waals surface area (Å²) in [4.78, 5) is 0. The molecule has 0 saturated carbocycles. The largest absolute Gasteiger partial charge is 0.454 e. The van der Waals surface area contributed by atoms with Gasteiger partial charge in [-0.1, -0.05) is 52.0 Å². The molecule has 36 heavy (non-hydrogen) atoms. The molecule has 1 aliphatic rings. The number of hydrogen-bond acceptors (Lipinski definition) is 1. The number of aromatic nitrogens is 1. The predicted molar refractivity (Wildman–Crippen MR) is 152 cm³/mol. The van der Waals surface area contributed by atoms with Gasteiger partial charge in [0.2, 0.25) is 5.69 Å². The van der Waals surface area contributed by atoms with E-state index in [0.29, 0.717) is 38.8 Å². The van der Waals surface area contributed by atoms with Crippen molar-refractivity contribution < 1.29 is 21.3 Å². The molecule has 0 bridgehead atoms. The summed E-state index contributed by atoms with van der Waals surface area (Å²) in [6.45, 7) is 2.98. The zero-order valence-electron chi connectivity index (χ0n) is 30.8. The van der Waals surface area contributed by atoms with E-state index in [-0.39, 0.29) is 27.5 Å². The lowest BCUT2D eigenvalue weighted by Gasteiger charge is -2.42. The van der Waals surface area contributed by atoms with Gasteiger partial charge in [0.1, 0.15) is 18.2 Å². The number of rotatable bonds is 1. The van der Waals surface area contributed by atoms with Crippen LogP contribution in [0.2, 0.25) is 0 Å². The molecule has 0 spiro atoms. The van der Waals surface area contributed by atoms with E-state index in [0.717, 1.165) is 23.6 Å². The van der Waals surface area contributed by atoms with Crippen LogP contribution in [0, 0.1) is 27.5 Å². The lowest BCUT2D eigenvalue weighted by Crippen LogP contribution is -2.34. The maximum atomic E-state index is 8.47. The molecule has 1 aliphatic carbocycles. The van der Waals surface area contributed by atoms with Crippen molar-refractivity contribution >= 4 is 32.7 Å². The first kappa shape index (κ1) is 15.2. The third-order valence-corrected chi connectivity index (χ3v) is 8.40. The first-order chi connectivity index (χ1) is 20.5. The molecule has 3 aromatic carbocycles. The molecule has 2 heterocycles. The van der Waals surface area contributed by atoms with Crippen LogP contribution in [0.3, 0.4) is 0 Å². The van der Waals surface area contributed by atoms with Crippen LogP contribution in [0.1, 0.15) is 86.3 Å². The first-order valence-corrected chi connectivity index (χ1v) is 12.6. The Labute approximate surface area is 227 Å². The second-order valence-corrected chi connectivity index (χ2v) is 11.8. The van der Waals surface area contributed by atoms with Gasteiger partial charge in [-0.15, -0.1) is 0 Å². The fourth-order valence-corrected chi connectivity index (χ4v) is 6.31. The van der Waals surface area contributed by atoms with Crippen LogP contribution < -0.4 is 4.57 Å². The zero-order chi connectivity index (χ0) is 33.2. The van der Waals surface area contributed by atoms with E-state index in [2.05, 4.69) is 39.8 Å². The average Bonchev–Trinajstić information content (AvgIpc) is 3.28. The van der Waals surface area contributed by atoms with Crippen LogP contribution >= 0.6 is 0 Å². The maximum absolute atomic E-state index is 8.47. The van der Waals surface area contributed by atoms with Gasteiger partial charge in [-0.25, -0.2) is 4.57 Å². The number of benzene rings is 3. The quantitative estimate of drug-likeness (QED) is 0.217. The Morgan fingerprint density at radius 2 is 1.53 bits per heavy atom. The average molecular weight is 486 g/mol. The highest BCUT2D eigenvalue weighted by Gasteiger charge is 2.39. The second kappa shape index (κ2) is 7.44. The molecule has 6 rings (SSSR count). The number of aryl methyl sites for hydroxylation is 5. The molecule has 0 aliphatic heterocycles. The van der Waals surface area contributed by atoms with Gasteiger partial charge in [-0.2, -0.15) is 0 Å². The monoisotopic (exact) mass is 485 g/mol. The summed E-state index contributed by atoms with van der Waals surface area (Å²) in [6.07, 6.45) is 3.36. The summed E-state index contributed by atoms with van der Waals surface area (Å²) in [5, 5.41) is 3.09. The van der Waals surface area contributed by atoms with E-state index in [1.807, 2.05) is 12.1 Å². The smallest absolute Gasteiger partial charge is 0.216 e. The lowest BCUT2D eigenvalue weighted by atomic mass is 9.62. The molecule has 0 unspecified atom stereocenters. The van der Waals surface area contributed by atoms with E-state index >= 15 is 0 Å². The Bertz CT molecular complexity index is 2040. The molecule has 0 N–H and O–H groups in total. The molecule has 0 radical (unpaired) electrons. The highest BCUT2D eigenvalue weighted by atomic mass is 16.3. The molecule has 0 saturated heterocycles. The SMILES string of the molecule is [2H]C([2H])([2H])c1cc(-c2c(C)cc(C([2H])([2H])[2H])c3c2oc2c3ccc3ccc4c(c32)C(C)(C)CCC4(C)C)[n+](C)cc1C([2H])([2H])[2H]. The van der Waals surface area contributed by atoms with Crippen LogP contribution in [-0.4, -0.2) is 0 Å². The number of furan rings is 1. The highest BCUT2D eigenvalue weighted by molar-refractivity contribution is 6.19. The molecular formula is C34H38NO+. The fraction of sp³-hybridized carbons (Fsp3) is 0.382. The van der Waals surface area contributed by atoms with E-state index in [9.17, 15) is 0 Å². The molecule has 2 heteroatoms. The van der Waals surface area contributed by atoms with Crippen LogP contribution in [0.5, 0.6) is 0 Å². The summed E-state index contributed by atoms with van der Waals surface area (Å²) in [6, 6.07) is 11.3. The van der Waals surface area contributed by atoms with Gasteiger partial charge in [-0.05, 0) is 90.4 Å². The van der Waals surface area contributed by atoms with E-state index < -0.39 is 20.6 Å². The van der Waals surface area contributed by atoms with Gasteiger partial charge in [0.15, 0.2) is 6.20 Å². The summed E-state index contributed by atoms with van der Waals surface area (Å²) < 4.78 is 82.4. The number of nitrogens with zero attached hydrogens (tertiary/aromatic N) is 1. The normalized spacial score (nSPS) is 21.4. The van der Waals surface area contributed by atoms with Crippen molar-refractivity contribution in [1.82, 2.24) is 0 Å². The Morgan fingerprint density at radius 3 is 2.28 bits per heavy atom. The summed E-state index contributed by atoms with van der Waals surface area (Å²) in [7, 11) is 1.66. The lowest BCUT2D eigenvalue weighted by molar-refractivity contribution is -0.660. The Balaban J connectivity index is 1.83. The number of hydrogen-bond donors (Lipinski definition) is 0. The molecule has 0 atom stereocenters. The van der Waals surface area contributed by atoms with Crippen molar-refractivity contribution in [1.29, 1.82) is 0 Å². The standard InChI is InChI=1S/C34H38NO/c1-19-17-26(35(9)18-22(19)4)28-21(3)16-20(2)27-24-12-10-23-11-13-25-30(29(23)31(24)36-32(27)28)34(7,8)15-14-33(25,5)6/h10-13,16-18H,14-15H2,1-9H3/q+1/i1D3,2D3,4D3. The Hall–Kier alpha value is -3.13. The number of pyridine rings is 1. The topological polar surface area (TPSA) is 17.0 Å². The third-order valence-electron chi connectivity index (χ3n) is 8.40. The van der Waals surface area contributed by atoms with Crippen LogP contribution in [0.4, 0.5) is 0 Å². The van der Waals surface area contributed by atoms with Crippen molar-refractivity contribution in [2.45, 2.75) is 78.8 Å². The second-order valence-electron chi connectivity index (χ2n) is 11.8. The molecule has 5 aromatic rings. The molecule has 2 nitrogen and oxygen atoms in total. The van der Waals surface area contributed by atoms with E-state index in [1.165, 1.54) is 23.4 Å². The minimum Gasteiger partial charge on any atom is -0.454 e. The molecule has 2 aromatic heterocycles. The first-order valence-electron chi connectivity index (χ1n) is 17.1. The Kier molecular flexibility index (Phi) is 3.14. The van der Waals surface area contributed by atoms with E-state index in [1.54, 1.807) is 24.6 Å². The highest BCUT2D eigenvalue weighted by Crippen LogP contribution is 2.51. The minimum absolute atomic E-state index is 0.0528. The third kappa shape index (κ3) is 3.13. The van der Waals surface area contributed by atoms with Crippen molar-refractivity contribution in [3.63, 3.8) is 0 Å². The van der Waals surface area contributed by atoms with Gasteiger partial charge in [-0.3, -0.25) is 0 Å². The minimum atomic E-state index is -2.69. The van der Waals surface area contributed by atoms with E-state index in [4.69, 9.17) is 16.8 Å². The molecule has 0 fully saturated rings. The van der Waals surface area contributed by atoms with Gasteiger partial charge >= 0.3 is 0 Å². The summed E-state index contributed by atoms with van der Waals surface area (Å²) >= 11 is 0. The zero-order valence-corrected chi connectivity index (χ0v) is 21.8. The van der Waals surface area contributed by atoms with Crippen molar-refractivity contribution in [3.8, 4) is 11.3 Å². The molecular weight excluding hydrogens is 438 g/mol. The van der Waals surface area contributed by atoms with Crippen molar-refractivity contribution in [2.75, 3.05) is 0 Å². The number of fused-ring (bicyclic) bond motifs is 7. The summed E-state index contributed by atoms with van der Waals surface area (Å²) in [5.41, 5.74) is 4.32. The predicted octanol–water partition coefficient (Wildman–Crippen LogP) is 8.81. The van der Waals surface area contributed by atoms with Crippen LogP contribution in [-0.2, 0) is 17.9 Å². The molecule has 0 amide bonds. The van der Waals surface area contributed by atoms with Gasteiger partial charge in [0.25, 0.3) is 0 Å². The van der Waals surface area contributed by atoms with Gasteiger partial charge in [0.05, 0.1) is 5.56 Å². The van der Waals surface area contributed by atoms with Gasteiger partial charge < -0.3 is 4.42 Å². The van der Waals surface area contributed by atoms with Crippen LogP contribution in [0.15, 0.2) is 47.0 Å². The van der Waals surface area contributed by atoms with Crippen molar-refractivity contribution in [3.05, 3.63) is 76.0 Å². The Morgan fingerprint density at radius 1 is 0.806 bits per heavy atom. The van der Waals surface area contributed by atoms with Gasteiger partial charge in [0, 0.05) is 40.1 Å². The summed E-state index contributed by atoms with van der Waals surface area (Å²) in [5.74, 6) is 0. The van der Waals surface area contributed by atoms with Crippen molar-refractivity contribution in [2.24, 2.45) is 7.05 Å². The fourth-order valence-electron chi connectivity index (χ4n) is 6.31. The molecule has 184 valence electrons.